The van der Waals surface area contributed by atoms with Gasteiger partial charge in [-0.1, -0.05) is 23.5 Å². The van der Waals surface area contributed by atoms with Crippen molar-refractivity contribution in [2.75, 3.05) is 20.0 Å². The second-order valence-electron chi connectivity index (χ2n) is 7.05. The van der Waals surface area contributed by atoms with Crippen molar-refractivity contribution in [1.82, 2.24) is 4.57 Å². The molecule has 0 aliphatic heterocycles. The van der Waals surface area contributed by atoms with E-state index in [-0.39, 0.29) is 29.3 Å². The van der Waals surface area contributed by atoms with Crippen molar-refractivity contribution < 1.29 is 32.3 Å². The van der Waals surface area contributed by atoms with Crippen LogP contribution < -0.4 is 4.80 Å². The van der Waals surface area contributed by atoms with Crippen LogP contribution >= 0.6 is 11.3 Å². The topological polar surface area (TPSA) is 121 Å². The smallest absolute Gasteiger partial charge is 0.338 e. The summed E-state index contributed by atoms with van der Waals surface area (Å²) in [5.74, 6) is -1.47. The molecule has 174 valence electrons. The van der Waals surface area contributed by atoms with E-state index in [1.807, 2.05) is 0 Å². The van der Waals surface area contributed by atoms with Crippen LogP contribution in [0.1, 0.15) is 22.8 Å². The molecule has 0 fully saturated rings. The number of ether oxygens (including phenoxy) is 2. The quantitative estimate of drug-likeness (QED) is 0.465. The van der Waals surface area contributed by atoms with E-state index in [0.29, 0.717) is 21.3 Å². The van der Waals surface area contributed by atoms with Crippen molar-refractivity contribution in [3.8, 4) is 0 Å². The third-order valence-corrected chi connectivity index (χ3v) is 6.81. The summed E-state index contributed by atoms with van der Waals surface area (Å²) >= 11 is 1.15. The third kappa shape index (κ3) is 5.93. The molecule has 0 saturated carbocycles. The van der Waals surface area contributed by atoms with E-state index in [9.17, 15) is 22.8 Å². The Morgan fingerprint density at radius 3 is 2.39 bits per heavy atom. The Kier molecular flexibility index (Phi) is 7.44. The van der Waals surface area contributed by atoms with E-state index in [1.165, 1.54) is 19.2 Å². The zero-order valence-corrected chi connectivity index (χ0v) is 19.9. The normalized spacial score (nSPS) is 12.0. The number of rotatable bonds is 7. The highest BCUT2D eigenvalue weighted by atomic mass is 32.2. The monoisotopic (exact) mass is 490 g/mol. The second-order valence-corrected chi connectivity index (χ2v) is 10.1. The minimum atomic E-state index is -3.33. The van der Waals surface area contributed by atoms with Gasteiger partial charge >= 0.3 is 11.9 Å². The Morgan fingerprint density at radius 1 is 1.09 bits per heavy atom. The Labute approximate surface area is 194 Å². The highest BCUT2D eigenvalue weighted by Crippen LogP contribution is 2.20. The molecule has 3 aromatic rings. The van der Waals surface area contributed by atoms with Gasteiger partial charge in [0, 0.05) is 6.26 Å². The average molecular weight is 491 g/mol. The van der Waals surface area contributed by atoms with Crippen LogP contribution in [0.3, 0.4) is 0 Å². The maximum atomic E-state index is 12.6. The molecule has 0 radical (unpaired) electrons. The van der Waals surface area contributed by atoms with Gasteiger partial charge in [0.15, 0.2) is 14.6 Å². The van der Waals surface area contributed by atoms with Crippen molar-refractivity contribution in [2.24, 2.45) is 4.99 Å². The minimum Gasteiger partial charge on any atom is -0.468 e. The lowest BCUT2D eigenvalue weighted by Crippen LogP contribution is -2.22. The molecular formula is C22H22N2O7S2. The fraction of sp³-hybridized carbons (Fsp3) is 0.273. The number of amides is 1. The summed E-state index contributed by atoms with van der Waals surface area (Å²) in [6.45, 7) is 1.79. The summed E-state index contributed by atoms with van der Waals surface area (Å²) in [5, 5.41) is 0. The minimum absolute atomic E-state index is 0.0510. The Bertz CT molecular complexity index is 1380. The number of sulfone groups is 1. The number of hydrogen-bond acceptors (Lipinski definition) is 8. The molecule has 9 nitrogen and oxygen atoms in total. The number of carbonyl (C=O) groups excluding carboxylic acids is 3. The highest BCUT2D eigenvalue weighted by molar-refractivity contribution is 7.90. The second kappa shape index (κ2) is 10.1. The Morgan fingerprint density at radius 2 is 1.79 bits per heavy atom. The molecule has 0 atom stereocenters. The molecule has 1 aromatic heterocycles. The van der Waals surface area contributed by atoms with Crippen LogP contribution in [-0.4, -0.2) is 50.8 Å². The van der Waals surface area contributed by atoms with Crippen LogP contribution in [0.15, 0.2) is 52.4 Å². The third-order valence-electron chi connectivity index (χ3n) is 4.64. The zero-order chi connectivity index (χ0) is 24.2. The van der Waals surface area contributed by atoms with Crippen LogP contribution in [0, 0.1) is 0 Å². The summed E-state index contributed by atoms with van der Waals surface area (Å²) in [5.41, 5.74) is 1.56. The van der Waals surface area contributed by atoms with Crippen LogP contribution in [0.25, 0.3) is 10.2 Å². The van der Waals surface area contributed by atoms with Gasteiger partial charge in [0.05, 0.1) is 40.8 Å². The largest absolute Gasteiger partial charge is 0.468 e. The number of esters is 2. The van der Waals surface area contributed by atoms with E-state index >= 15 is 0 Å². The molecular weight excluding hydrogens is 468 g/mol. The van der Waals surface area contributed by atoms with E-state index in [4.69, 9.17) is 9.47 Å². The van der Waals surface area contributed by atoms with Gasteiger partial charge in [-0.15, -0.1) is 0 Å². The lowest BCUT2D eigenvalue weighted by molar-refractivity contribution is -0.141. The standard InChI is InChI=1S/C22H22N2O7S2/c1-4-31-21(27)15-7-10-17-18(12-15)32-22(24(17)13-20(26)30-2)23-19(25)11-14-5-8-16(9-6-14)33(3,28)29/h5-10,12H,4,11,13H2,1-3H3. The van der Waals surface area contributed by atoms with Crippen LogP contribution in [0.5, 0.6) is 0 Å². The molecule has 11 heteroatoms. The maximum Gasteiger partial charge on any atom is 0.338 e. The molecule has 0 N–H and O–H groups in total. The van der Waals surface area contributed by atoms with E-state index in [1.54, 1.807) is 41.8 Å². The lowest BCUT2D eigenvalue weighted by Gasteiger charge is -2.05. The molecule has 0 aliphatic carbocycles. The molecule has 0 saturated heterocycles. The summed E-state index contributed by atoms with van der Waals surface area (Å²) in [7, 11) is -2.07. The number of fused-ring (bicyclic) bond motifs is 1. The molecule has 2 aromatic carbocycles. The van der Waals surface area contributed by atoms with Crippen LogP contribution in [0.2, 0.25) is 0 Å². The Balaban J connectivity index is 1.98. The Hall–Kier alpha value is -3.31. The van der Waals surface area contributed by atoms with E-state index in [0.717, 1.165) is 17.6 Å². The maximum absolute atomic E-state index is 12.6. The fourth-order valence-corrected chi connectivity index (χ4v) is 4.74. The summed E-state index contributed by atoms with van der Waals surface area (Å²) < 4.78 is 35.2. The highest BCUT2D eigenvalue weighted by Gasteiger charge is 2.15. The SMILES string of the molecule is CCOC(=O)c1ccc2c(c1)sc(=NC(=O)Cc1ccc(S(C)(=O)=O)cc1)n2CC(=O)OC. The molecule has 0 spiro atoms. The molecule has 3 rings (SSSR count). The lowest BCUT2D eigenvalue weighted by atomic mass is 10.1. The predicted molar refractivity (Wildman–Crippen MR) is 122 cm³/mol. The predicted octanol–water partition coefficient (Wildman–Crippen LogP) is 2.13. The van der Waals surface area contributed by atoms with Gasteiger partial charge in [-0.05, 0) is 42.8 Å². The molecule has 0 bridgehead atoms. The molecule has 0 aliphatic rings. The fourth-order valence-electron chi connectivity index (χ4n) is 3.02. The van der Waals surface area contributed by atoms with Gasteiger partial charge in [0.2, 0.25) is 0 Å². The van der Waals surface area contributed by atoms with Crippen molar-refractivity contribution >= 4 is 49.2 Å². The summed E-state index contributed by atoms with van der Waals surface area (Å²) in [6, 6.07) is 10.9. The van der Waals surface area contributed by atoms with Crippen molar-refractivity contribution in [3.05, 3.63) is 58.4 Å². The van der Waals surface area contributed by atoms with Gasteiger partial charge in [-0.2, -0.15) is 4.99 Å². The van der Waals surface area contributed by atoms with Crippen molar-refractivity contribution in [3.63, 3.8) is 0 Å². The zero-order valence-electron chi connectivity index (χ0n) is 18.2. The molecule has 0 unspecified atom stereocenters. The van der Waals surface area contributed by atoms with E-state index in [2.05, 4.69) is 4.99 Å². The van der Waals surface area contributed by atoms with Crippen LogP contribution in [-0.2, 0) is 41.9 Å². The van der Waals surface area contributed by atoms with Gasteiger partial charge in [-0.25, -0.2) is 13.2 Å². The van der Waals surface area contributed by atoms with Gasteiger partial charge in [-0.3, -0.25) is 9.59 Å². The number of thiazole rings is 1. The molecule has 1 amide bonds. The number of hydrogen-bond donors (Lipinski definition) is 0. The number of methoxy groups -OCH3 is 1. The van der Waals surface area contributed by atoms with E-state index < -0.39 is 27.7 Å². The average Bonchev–Trinajstić information content (AvgIpc) is 3.09. The van der Waals surface area contributed by atoms with Crippen molar-refractivity contribution in [2.45, 2.75) is 24.8 Å². The van der Waals surface area contributed by atoms with Gasteiger partial charge < -0.3 is 14.0 Å². The van der Waals surface area contributed by atoms with Crippen LogP contribution in [0.4, 0.5) is 0 Å². The summed E-state index contributed by atoms with van der Waals surface area (Å²) in [4.78, 5) is 41.2. The molecule has 1 heterocycles. The first kappa shape index (κ1) is 24.3. The summed E-state index contributed by atoms with van der Waals surface area (Å²) in [6.07, 6.45) is 1.06. The number of aromatic nitrogens is 1. The van der Waals surface area contributed by atoms with Gasteiger partial charge in [0.1, 0.15) is 6.54 Å². The number of nitrogens with zero attached hydrogens (tertiary/aromatic N) is 2. The first-order valence-electron chi connectivity index (χ1n) is 9.86. The molecule has 33 heavy (non-hydrogen) atoms. The number of benzene rings is 2. The first-order valence-corrected chi connectivity index (χ1v) is 12.6. The van der Waals surface area contributed by atoms with Crippen molar-refractivity contribution in [1.29, 1.82) is 0 Å². The first-order chi connectivity index (χ1) is 15.6. The van der Waals surface area contributed by atoms with Gasteiger partial charge in [0.25, 0.3) is 5.91 Å². The number of carbonyl (C=O) groups is 3.